The van der Waals surface area contributed by atoms with Crippen molar-refractivity contribution in [1.82, 2.24) is 10.2 Å². The minimum atomic E-state index is -4.16. The molecule has 1 atom stereocenters. The van der Waals surface area contributed by atoms with Crippen molar-refractivity contribution in [1.29, 1.82) is 0 Å². The average Bonchev–Trinajstić information content (AvgIpc) is 2.90. The summed E-state index contributed by atoms with van der Waals surface area (Å²) in [5.41, 5.74) is 3.29. The number of hydrogen-bond acceptors (Lipinski definition) is 4. The number of sulfonamides is 1. The van der Waals surface area contributed by atoms with Gasteiger partial charge in [-0.25, -0.2) is 8.42 Å². The van der Waals surface area contributed by atoms with Gasteiger partial charge < -0.3 is 10.2 Å². The second-order valence-corrected chi connectivity index (χ2v) is 12.3. The Morgan fingerprint density at radius 2 is 1.50 bits per heavy atom. The molecular weight excluding hydrogens is 569 g/mol. The summed E-state index contributed by atoms with van der Waals surface area (Å²) in [7, 11) is -4.16. The molecule has 3 rings (SSSR count). The van der Waals surface area contributed by atoms with Gasteiger partial charge in [0.2, 0.25) is 11.8 Å². The van der Waals surface area contributed by atoms with E-state index in [0.717, 1.165) is 15.4 Å². The highest BCUT2D eigenvalue weighted by Gasteiger charge is 2.34. The molecule has 40 heavy (non-hydrogen) atoms. The number of benzene rings is 3. The van der Waals surface area contributed by atoms with Crippen molar-refractivity contribution in [2.75, 3.05) is 17.4 Å². The Bertz CT molecular complexity index is 1460. The fourth-order valence-corrected chi connectivity index (χ4v) is 6.39. The molecule has 0 aliphatic rings. The maximum absolute atomic E-state index is 14.1. The molecule has 0 aromatic heterocycles. The van der Waals surface area contributed by atoms with Crippen LogP contribution in [-0.2, 0) is 26.2 Å². The van der Waals surface area contributed by atoms with Gasteiger partial charge in [-0.3, -0.25) is 13.9 Å². The number of carbonyl (C=O) groups excluding carboxylic acids is 2. The molecule has 3 aromatic rings. The van der Waals surface area contributed by atoms with Crippen LogP contribution < -0.4 is 9.62 Å². The minimum Gasteiger partial charge on any atom is -0.355 e. The minimum absolute atomic E-state index is 0.0586. The van der Waals surface area contributed by atoms with E-state index in [2.05, 4.69) is 5.32 Å². The van der Waals surface area contributed by atoms with Crippen LogP contribution in [0, 0.1) is 20.8 Å². The first-order valence-electron chi connectivity index (χ1n) is 13.1. The second-order valence-electron chi connectivity index (χ2n) is 9.66. The van der Waals surface area contributed by atoms with Gasteiger partial charge in [0, 0.05) is 28.7 Å². The van der Waals surface area contributed by atoms with Gasteiger partial charge >= 0.3 is 0 Å². The molecular formula is C30H35Cl2N3O4S. The molecule has 0 unspecified atom stereocenters. The number of carbonyl (C=O) groups is 2. The van der Waals surface area contributed by atoms with Crippen molar-refractivity contribution in [3.63, 3.8) is 0 Å². The van der Waals surface area contributed by atoms with Crippen LogP contribution in [0.4, 0.5) is 5.69 Å². The zero-order valence-electron chi connectivity index (χ0n) is 23.4. The number of rotatable bonds is 11. The molecule has 0 fully saturated rings. The average molecular weight is 605 g/mol. The van der Waals surface area contributed by atoms with E-state index in [1.54, 1.807) is 57.2 Å². The quantitative estimate of drug-likeness (QED) is 0.289. The Balaban J connectivity index is 2.14. The Morgan fingerprint density at radius 3 is 2.08 bits per heavy atom. The molecule has 0 bridgehead atoms. The van der Waals surface area contributed by atoms with E-state index in [9.17, 15) is 18.0 Å². The van der Waals surface area contributed by atoms with Gasteiger partial charge in [0.05, 0.1) is 10.6 Å². The monoisotopic (exact) mass is 603 g/mol. The molecule has 214 valence electrons. The zero-order chi connectivity index (χ0) is 29.6. The molecule has 0 saturated heterocycles. The van der Waals surface area contributed by atoms with Crippen LogP contribution in [0.2, 0.25) is 10.0 Å². The number of anilines is 1. The van der Waals surface area contributed by atoms with Crippen LogP contribution in [-0.4, -0.2) is 44.3 Å². The third kappa shape index (κ3) is 7.16. The Hall–Kier alpha value is -3.07. The van der Waals surface area contributed by atoms with Gasteiger partial charge in [-0.15, -0.1) is 0 Å². The lowest BCUT2D eigenvalue weighted by Crippen LogP contribution is -2.52. The van der Waals surface area contributed by atoms with Crippen LogP contribution in [0.3, 0.4) is 0 Å². The number of likely N-dealkylation sites (N-methyl/N-ethyl adjacent to an activating group) is 1. The highest BCUT2D eigenvalue weighted by Crippen LogP contribution is 2.30. The van der Waals surface area contributed by atoms with Crippen LogP contribution >= 0.6 is 23.2 Å². The van der Waals surface area contributed by atoms with Gasteiger partial charge in [0.1, 0.15) is 12.6 Å². The van der Waals surface area contributed by atoms with Crippen molar-refractivity contribution < 1.29 is 18.0 Å². The number of hydrogen-bond donors (Lipinski definition) is 1. The summed E-state index contributed by atoms with van der Waals surface area (Å²) in [6, 6.07) is 16.0. The van der Waals surface area contributed by atoms with Gasteiger partial charge in [-0.1, -0.05) is 66.0 Å². The number of amides is 2. The number of nitrogens with zero attached hydrogens (tertiary/aromatic N) is 2. The van der Waals surface area contributed by atoms with Crippen LogP contribution in [0.5, 0.6) is 0 Å². The molecule has 0 aliphatic heterocycles. The van der Waals surface area contributed by atoms with Gasteiger partial charge in [0.15, 0.2) is 0 Å². The predicted octanol–water partition coefficient (Wildman–Crippen LogP) is 6.06. The van der Waals surface area contributed by atoms with Crippen LogP contribution in [0.15, 0.2) is 65.6 Å². The SMILES string of the molecule is CCNC(=O)[C@@H](CC)N(Cc1c(Cl)cccc1Cl)C(=O)CN(c1cc(C)ccc1C)S(=O)(=O)c1ccc(C)cc1. The Kier molecular flexibility index (Phi) is 10.6. The fourth-order valence-electron chi connectivity index (χ4n) is 4.40. The molecule has 10 heteroatoms. The van der Waals surface area contributed by atoms with Crippen molar-refractivity contribution in [2.45, 2.75) is 58.5 Å². The fraction of sp³-hybridized carbons (Fsp3) is 0.333. The summed E-state index contributed by atoms with van der Waals surface area (Å²) in [5.74, 6) is -0.910. The second kappa shape index (κ2) is 13.5. The van der Waals surface area contributed by atoms with E-state index in [0.29, 0.717) is 39.8 Å². The molecule has 0 radical (unpaired) electrons. The molecule has 2 amide bonds. The predicted molar refractivity (Wildman–Crippen MR) is 161 cm³/mol. The van der Waals surface area contributed by atoms with E-state index in [1.165, 1.54) is 17.0 Å². The summed E-state index contributed by atoms with van der Waals surface area (Å²) in [6.07, 6.45) is 0.299. The van der Waals surface area contributed by atoms with Crippen LogP contribution in [0.1, 0.15) is 42.5 Å². The smallest absolute Gasteiger partial charge is 0.264 e. The lowest BCUT2D eigenvalue weighted by Gasteiger charge is -2.34. The lowest BCUT2D eigenvalue weighted by molar-refractivity contribution is -0.140. The maximum atomic E-state index is 14.1. The molecule has 7 nitrogen and oxygen atoms in total. The summed E-state index contributed by atoms with van der Waals surface area (Å²) >= 11 is 12.9. The van der Waals surface area contributed by atoms with E-state index in [-0.39, 0.29) is 17.3 Å². The van der Waals surface area contributed by atoms with E-state index in [1.807, 2.05) is 26.0 Å². The van der Waals surface area contributed by atoms with E-state index < -0.39 is 28.5 Å². The van der Waals surface area contributed by atoms with Gasteiger partial charge in [0.25, 0.3) is 10.0 Å². The first-order valence-corrected chi connectivity index (χ1v) is 15.3. The van der Waals surface area contributed by atoms with E-state index >= 15 is 0 Å². The third-order valence-corrected chi connectivity index (χ3v) is 9.13. The van der Waals surface area contributed by atoms with Crippen molar-refractivity contribution >= 4 is 50.7 Å². The molecule has 0 aliphatic carbocycles. The molecule has 1 N–H and O–H groups in total. The highest BCUT2D eigenvalue weighted by atomic mass is 35.5. The van der Waals surface area contributed by atoms with Crippen LogP contribution in [0.25, 0.3) is 0 Å². The summed E-state index contributed by atoms with van der Waals surface area (Å²) < 4.78 is 29.2. The molecule has 3 aromatic carbocycles. The van der Waals surface area contributed by atoms with Crippen molar-refractivity contribution in [3.05, 3.63) is 93.0 Å². The number of aryl methyl sites for hydroxylation is 3. The topological polar surface area (TPSA) is 86.8 Å². The van der Waals surface area contributed by atoms with E-state index in [4.69, 9.17) is 23.2 Å². The summed E-state index contributed by atoms with van der Waals surface area (Å²) in [6.45, 7) is 8.87. The van der Waals surface area contributed by atoms with Crippen molar-refractivity contribution in [3.8, 4) is 0 Å². The largest absolute Gasteiger partial charge is 0.355 e. The number of nitrogens with one attached hydrogen (secondary N) is 1. The van der Waals surface area contributed by atoms with Gasteiger partial charge in [-0.2, -0.15) is 0 Å². The summed E-state index contributed by atoms with van der Waals surface area (Å²) in [5, 5.41) is 3.46. The Morgan fingerprint density at radius 1 is 0.900 bits per heavy atom. The lowest BCUT2D eigenvalue weighted by atomic mass is 10.1. The summed E-state index contributed by atoms with van der Waals surface area (Å²) in [4.78, 5) is 28.6. The third-order valence-electron chi connectivity index (χ3n) is 6.65. The maximum Gasteiger partial charge on any atom is 0.264 e. The normalized spacial score (nSPS) is 12.1. The zero-order valence-corrected chi connectivity index (χ0v) is 25.7. The highest BCUT2D eigenvalue weighted by molar-refractivity contribution is 7.92. The Labute approximate surface area is 247 Å². The molecule has 0 spiro atoms. The van der Waals surface area contributed by atoms with Crippen molar-refractivity contribution in [2.24, 2.45) is 0 Å². The van der Waals surface area contributed by atoms with Gasteiger partial charge in [-0.05, 0) is 75.6 Å². The molecule has 0 saturated carbocycles. The molecule has 0 heterocycles. The first kappa shape index (κ1) is 31.5. The number of halogens is 2. The standard InChI is InChI=1S/C30H35Cl2N3O4S/c1-6-27(30(37)33-7-2)34(18-24-25(31)9-8-10-26(24)32)29(36)19-35(28-17-21(4)11-14-22(28)5)40(38,39)23-15-12-20(3)13-16-23/h8-17,27H,6-7,18-19H2,1-5H3,(H,33,37)/t27-/m1/s1. The first-order chi connectivity index (χ1) is 18.9.